The molecule has 0 spiro atoms. The molecule has 2 heterocycles. The molecule has 2 saturated heterocycles. The van der Waals surface area contributed by atoms with E-state index in [4.69, 9.17) is 24.4 Å². The van der Waals surface area contributed by atoms with Crippen molar-refractivity contribution in [2.75, 3.05) is 13.2 Å². The highest BCUT2D eigenvalue weighted by Crippen LogP contribution is 2.28. The standard InChI is InChI=1S/C12H22O11/c13-1-3-6(16)8(18)10(11(20)21-3)23-12-9(19)7(17)5(15)4(2-14)22-12/h3-20H,1-2H2/t3-,4+,5+,6+,7-,8-,9-,10-,11-,12+/m0/s1. The molecule has 0 saturated carbocycles. The summed E-state index contributed by atoms with van der Waals surface area (Å²) < 4.78 is 15.1. The maximum Gasteiger partial charge on any atom is 0.187 e. The molecule has 2 rings (SSSR count). The molecule has 0 aromatic heterocycles. The Hall–Kier alpha value is -0.440. The molecule has 10 atom stereocenters. The highest BCUT2D eigenvalue weighted by molar-refractivity contribution is 4.93. The van der Waals surface area contributed by atoms with Gasteiger partial charge in [-0.15, -0.1) is 0 Å². The van der Waals surface area contributed by atoms with Gasteiger partial charge in [-0.2, -0.15) is 0 Å². The Balaban J connectivity index is 2.08. The minimum atomic E-state index is -1.75. The third kappa shape index (κ3) is 3.65. The lowest BCUT2D eigenvalue weighted by Gasteiger charge is -2.44. The van der Waals surface area contributed by atoms with Crippen LogP contribution in [0.1, 0.15) is 0 Å². The lowest BCUT2D eigenvalue weighted by Crippen LogP contribution is -2.64. The van der Waals surface area contributed by atoms with Gasteiger partial charge in [-0.25, -0.2) is 0 Å². The predicted molar refractivity (Wildman–Crippen MR) is 68.6 cm³/mol. The molecule has 0 aliphatic carbocycles. The average Bonchev–Trinajstić information content (AvgIpc) is 2.54. The smallest absolute Gasteiger partial charge is 0.187 e. The zero-order valence-corrected chi connectivity index (χ0v) is 12.0. The predicted octanol–water partition coefficient (Wildman–Crippen LogP) is -5.40. The molecule has 23 heavy (non-hydrogen) atoms. The summed E-state index contributed by atoms with van der Waals surface area (Å²) in [7, 11) is 0. The van der Waals surface area contributed by atoms with Crippen LogP contribution in [0.25, 0.3) is 0 Å². The first kappa shape index (κ1) is 18.9. The van der Waals surface area contributed by atoms with E-state index in [9.17, 15) is 30.6 Å². The van der Waals surface area contributed by atoms with E-state index in [-0.39, 0.29) is 0 Å². The topological polar surface area (TPSA) is 190 Å². The first-order valence-corrected chi connectivity index (χ1v) is 7.08. The Morgan fingerprint density at radius 2 is 1.17 bits per heavy atom. The highest BCUT2D eigenvalue weighted by atomic mass is 16.7. The number of hydrogen-bond acceptors (Lipinski definition) is 11. The van der Waals surface area contributed by atoms with Gasteiger partial charge in [0.25, 0.3) is 0 Å². The van der Waals surface area contributed by atoms with Gasteiger partial charge in [0, 0.05) is 0 Å². The molecule has 0 amide bonds. The van der Waals surface area contributed by atoms with E-state index in [1.165, 1.54) is 0 Å². The van der Waals surface area contributed by atoms with Gasteiger partial charge in [-0.05, 0) is 0 Å². The molecule has 2 aliphatic heterocycles. The molecule has 0 unspecified atom stereocenters. The van der Waals surface area contributed by atoms with Crippen molar-refractivity contribution in [1.29, 1.82) is 0 Å². The van der Waals surface area contributed by atoms with Crippen LogP contribution in [0.15, 0.2) is 0 Å². The van der Waals surface area contributed by atoms with E-state index in [0.717, 1.165) is 0 Å². The van der Waals surface area contributed by atoms with E-state index in [1.807, 2.05) is 0 Å². The van der Waals surface area contributed by atoms with Crippen LogP contribution in [0, 0.1) is 0 Å². The van der Waals surface area contributed by atoms with Crippen molar-refractivity contribution in [3.05, 3.63) is 0 Å². The molecule has 136 valence electrons. The van der Waals surface area contributed by atoms with Gasteiger partial charge in [-0.1, -0.05) is 0 Å². The number of aliphatic hydroxyl groups is 8. The van der Waals surface area contributed by atoms with Crippen molar-refractivity contribution in [2.24, 2.45) is 0 Å². The minimum absolute atomic E-state index is 0.651. The normalized spacial score (nSPS) is 51.7. The van der Waals surface area contributed by atoms with E-state index in [2.05, 4.69) is 0 Å². The van der Waals surface area contributed by atoms with Gasteiger partial charge in [-0.3, -0.25) is 0 Å². The highest BCUT2D eigenvalue weighted by Gasteiger charge is 2.50. The van der Waals surface area contributed by atoms with Gasteiger partial charge in [0.15, 0.2) is 12.6 Å². The molecule has 2 aliphatic rings. The van der Waals surface area contributed by atoms with Crippen LogP contribution in [0.5, 0.6) is 0 Å². The van der Waals surface area contributed by atoms with Crippen molar-refractivity contribution in [3.63, 3.8) is 0 Å². The molecule has 0 aromatic rings. The first-order valence-electron chi connectivity index (χ1n) is 7.08. The fourth-order valence-corrected chi connectivity index (χ4v) is 2.55. The molecule has 0 aromatic carbocycles. The average molecular weight is 342 g/mol. The summed E-state index contributed by atoms with van der Waals surface area (Å²) in [5, 5.41) is 76.7. The lowest BCUT2D eigenvalue weighted by atomic mass is 9.97. The summed E-state index contributed by atoms with van der Waals surface area (Å²) >= 11 is 0. The van der Waals surface area contributed by atoms with Crippen LogP contribution in [0.4, 0.5) is 0 Å². The van der Waals surface area contributed by atoms with Crippen LogP contribution >= 0.6 is 0 Å². The third-order valence-electron chi connectivity index (χ3n) is 3.98. The van der Waals surface area contributed by atoms with E-state index in [1.54, 1.807) is 0 Å². The number of hydrogen-bond donors (Lipinski definition) is 8. The van der Waals surface area contributed by atoms with Gasteiger partial charge < -0.3 is 55.1 Å². The lowest BCUT2D eigenvalue weighted by molar-refractivity contribution is -0.361. The Morgan fingerprint density at radius 1 is 0.652 bits per heavy atom. The van der Waals surface area contributed by atoms with Crippen LogP contribution in [-0.4, -0.2) is 115 Å². The maximum absolute atomic E-state index is 9.94. The number of rotatable bonds is 4. The van der Waals surface area contributed by atoms with E-state index < -0.39 is 74.6 Å². The minimum Gasteiger partial charge on any atom is -0.394 e. The summed E-state index contributed by atoms with van der Waals surface area (Å²) in [4.78, 5) is 0. The van der Waals surface area contributed by atoms with Crippen molar-refractivity contribution >= 4 is 0 Å². The van der Waals surface area contributed by atoms with Crippen LogP contribution in [0.2, 0.25) is 0 Å². The summed E-state index contributed by atoms with van der Waals surface area (Å²) in [5.74, 6) is 0. The van der Waals surface area contributed by atoms with Gasteiger partial charge in [0.1, 0.15) is 48.8 Å². The number of aliphatic hydroxyl groups excluding tert-OH is 8. The molecule has 2 fully saturated rings. The van der Waals surface area contributed by atoms with Gasteiger partial charge in [0.2, 0.25) is 0 Å². The SMILES string of the molecule is OC[C@@H]1O[C@H](O)[C@@H](O[C@H]2O[C@H](CO)[C@@H](O)[C@H](O)[C@@H]2O)[C@@H](O)[C@@H]1O. The van der Waals surface area contributed by atoms with Crippen molar-refractivity contribution in [3.8, 4) is 0 Å². The summed E-state index contributed by atoms with van der Waals surface area (Å²) in [6, 6.07) is 0. The Bertz CT molecular complexity index is 380. The second kappa shape index (κ2) is 7.63. The summed E-state index contributed by atoms with van der Waals surface area (Å²) in [5.41, 5.74) is 0. The van der Waals surface area contributed by atoms with Crippen molar-refractivity contribution < 1.29 is 55.1 Å². The van der Waals surface area contributed by atoms with Crippen molar-refractivity contribution in [2.45, 2.75) is 61.4 Å². The van der Waals surface area contributed by atoms with Gasteiger partial charge >= 0.3 is 0 Å². The second-order valence-electron chi connectivity index (χ2n) is 5.53. The van der Waals surface area contributed by atoms with Crippen LogP contribution in [-0.2, 0) is 14.2 Å². The zero-order chi connectivity index (χ0) is 17.3. The first-order chi connectivity index (χ1) is 10.8. The molecular weight excluding hydrogens is 320 g/mol. The van der Waals surface area contributed by atoms with Crippen LogP contribution < -0.4 is 0 Å². The second-order valence-corrected chi connectivity index (χ2v) is 5.53. The molecule has 11 nitrogen and oxygen atoms in total. The fraction of sp³-hybridized carbons (Fsp3) is 1.00. The summed E-state index contributed by atoms with van der Waals surface area (Å²) in [6.07, 6.45) is -15.6. The molecule has 0 bridgehead atoms. The van der Waals surface area contributed by atoms with E-state index in [0.29, 0.717) is 0 Å². The maximum atomic E-state index is 9.94. The van der Waals surface area contributed by atoms with Crippen molar-refractivity contribution in [1.82, 2.24) is 0 Å². The molecule has 8 N–H and O–H groups in total. The Labute approximate surface area is 130 Å². The largest absolute Gasteiger partial charge is 0.394 e. The monoisotopic (exact) mass is 342 g/mol. The zero-order valence-electron chi connectivity index (χ0n) is 12.0. The van der Waals surface area contributed by atoms with Gasteiger partial charge in [0.05, 0.1) is 13.2 Å². The number of ether oxygens (including phenoxy) is 3. The molecule has 11 heteroatoms. The quantitative estimate of drug-likeness (QED) is 0.243. The Kier molecular flexibility index (Phi) is 6.27. The fourth-order valence-electron chi connectivity index (χ4n) is 2.55. The Morgan fingerprint density at radius 3 is 1.74 bits per heavy atom. The third-order valence-corrected chi connectivity index (χ3v) is 3.98. The van der Waals surface area contributed by atoms with E-state index >= 15 is 0 Å². The molecule has 0 radical (unpaired) electrons. The molecular formula is C12H22O11. The van der Waals surface area contributed by atoms with Crippen LogP contribution in [0.3, 0.4) is 0 Å². The summed E-state index contributed by atoms with van der Waals surface area (Å²) in [6.45, 7) is -1.33.